The van der Waals surface area contributed by atoms with Gasteiger partial charge in [0.15, 0.2) is 0 Å². The first kappa shape index (κ1) is 15.0. The molecular weight excluding hydrogens is 248 g/mol. The number of amides is 1. The molecule has 1 aromatic rings. The molecule has 2 rings (SSSR count). The van der Waals surface area contributed by atoms with Crippen molar-refractivity contribution in [1.82, 2.24) is 5.32 Å². The van der Waals surface area contributed by atoms with Gasteiger partial charge in [-0.3, -0.25) is 4.79 Å². The van der Waals surface area contributed by atoms with Crippen LogP contribution >= 0.6 is 0 Å². The maximum absolute atomic E-state index is 12.3. The van der Waals surface area contributed by atoms with Crippen LogP contribution in [0.1, 0.15) is 43.7 Å². The van der Waals surface area contributed by atoms with Gasteiger partial charge in [-0.15, -0.1) is 0 Å². The lowest BCUT2D eigenvalue weighted by Crippen LogP contribution is -2.46. The first-order valence-electron chi connectivity index (χ1n) is 7.68. The van der Waals surface area contributed by atoms with Crippen LogP contribution in [-0.2, 0) is 11.2 Å². The van der Waals surface area contributed by atoms with Gasteiger partial charge in [-0.1, -0.05) is 37.1 Å². The molecule has 0 aliphatic heterocycles. The highest BCUT2D eigenvalue weighted by Gasteiger charge is 2.28. The van der Waals surface area contributed by atoms with Crippen molar-refractivity contribution < 1.29 is 4.79 Å². The number of nitrogens with two attached hydrogens (primary N) is 1. The monoisotopic (exact) mass is 274 g/mol. The molecule has 0 spiro atoms. The summed E-state index contributed by atoms with van der Waals surface area (Å²) >= 11 is 0. The van der Waals surface area contributed by atoms with Crippen LogP contribution in [-0.4, -0.2) is 18.0 Å². The van der Waals surface area contributed by atoms with Gasteiger partial charge in [-0.25, -0.2) is 0 Å². The van der Waals surface area contributed by atoms with Crippen molar-refractivity contribution in [2.75, 3.05) is 0 Å². The van der Waals surface area contributed by atoms with Crippen molar-refractivity contribution in [2.24, 2.45) is 11.7 Å². The Balaban J connectivity index is 1.89. The van der Waals surface area contributed by atoms with Crippen LogP contribution in [0.3, 0.4) is 0 Å². The normalized spacial score (nSPS) is 24.1. The van der Waals surface area contributed by atoms with Gasteiger partial charge in [0.2, 0.25) is 5.91 Å². The molecule has 3 nitrogen and oxygen atoms in total. The summed E-state index contributed by atoms with van der Waals surface area (Å²) in [6, 6.07) is 8.52. The summed E-state index contributed by atoms with van der Waals surface area (Å²) in [5.74, 6) is 0.140. The number of nitrogens with one attached hydrogen (secondary N) is 1. The maximum Gasteiger partial charge on any atom is 0.224 e. The lowest BCUT2D eigenvalue weighted by atomic mass is 9.84. The highest BCUT2D eigenvalue weighted by Crippen LogP contribution is 2.23. The zero-order valence-corrected chi connectivity index (χ0v) is 12.6. The summed E-state index contributed by atoms with van der Waals surface area (Å²) in [5, 5.41) is 3.14. The van der Waals surface area contributed by atoms with Gasteiger partial charge < -0.3 is 11.1 Å². The number of carbonyl (C=O) groups excluding carboxylic acids is 1. The molecule has 0 heterocycles. The van der Waals surface area contributed by atoms with Crippen LogP contribution in [0.2, 0.25) is 0 Å². The highest BCUT2D eigenvalue weighted by molar-refractivity contribution is 5.79. The lowest BCUT2D eigenvalue weighted by Gasteiger charge is -2.28. The van der Waals surface area contributed by atoms with E-state index in [2.05, 4.69) is 31.3 Å². The molecule has 20 heavy (non-hydrogen) atoms. The zero-order valence-electron chi connectivity index (χ0n) is 12.6. The van der Waals surface area contributed by atoms with E-state index in [0.29, 0.717) is 0 Å². The molecule has 1 aromatic carbocycles. The molecule has 0 radical (unpaired) electrons. The van der Waals surface area contributed by atoms with Crippen molar-refractivity contribution in [3.8, 4) is 0 Å². The molecule has 3 heteroatoms. The van der Waals surface area contributed by atoms with Gasteiger partial charge in [-0.05, 0) is 44.2 Å². The molecule has 0 aromatic heterocycles. The Hall–Kier alpha value is -1.35. The van der Waals surface area contributed by atoms with E-state index in [-0.39, 0.29) is 23.9 Å². The second kappa shape index (κ2) is 6.89. The average molecular weight is 274 g/mol. The topological polar surface area (TPSA) is 55.1 Å². The third kappa shape index (κ3) is 3.83. The summed E-state index contributed by atoms with van der Waals surface area (Å²) in [4.78, 5) is 12.3. The molecule has 0 bridgehead atoms. The van der Waals surface area contributed by atoms with Gasteiger partial charge in [0.05, 0.1) is 5.92 Å². The van der Waals surface area contributed by atoms with E-state index in [1.165, 1.54) is 11.1 Å². The molecule has 110 valence electrons. The van der Waals surface area contributed by atoms with Crippen molar-refractivity contribution in [2.45, 2.75) is 58.0 Å². The minimum Gasteiger partial charge on any atom is -0.353 e. The fraction of sp³-hybridized carbons (Fsp3) is 0.588. The van der Waals surface area contributed by atoms with E-state index in [4.69, 9.17) is 5.73 Å². The van der Waals surface area contributed by atoms with Crippen molar-refractivity contribution in [3.05, 3.63) is 35.4 Å². The second-order valence-electron chi connectivity index (χ2n) is 6.10. The number of hydrogen-bond donors (Lipinski definition) is 2. The smallest absolute Gasteiger partial charge is 0.224 e. The van der Waals surface area contributed by atoms with Gasteiger partial charge in [-0.2, -0.15) is 0 Å². The Morgan fingerprint density at radius 2 is 2.05 bits per heavy atom. The number of hydrogen-bond acceptors (Lipinski definition) is 2. The van der Waals surface area contributed by atoms with Gasteiger partial charge in [0, 0.05) is 12.1 Å². The van der Waals surface area contributed by atoms with Crippen molar-refractivity contribution in [3.63, 3.8) is 0 Å². The Morgan fingerprint density at radius 1 is 1.35 bits per heavy atom. The fourth-order valence-electron chi connectivity index (χ4n) is 3.05. The van der Waals surface area contributed by atoms with Crippen LogP contribution in [0, 0.1) is 12.8 Å². The molecule has 3 unspecified atom stereocenters. The van der Waals surface area contributed by atoms with E-state index < -0.39 is 0 Å². The quantitative estimate of drug-likeness (QED) is 0.886. The molecule has 3 N–H and O–H groups in total. The highest BCUT2D eigenvalue weighted by atomic mass is 16.2. The van der Waals surface area contributed by atoms with Crippen LogP contribution in [0.5, 0.6) is 0 Å². The number of benzene rings is 1. The first-order valence-corrected chi connectivity index (χ1v) is 7.68. The third-order valence-corrected chi connectivity index (χ3v) is 4.33. The number of carbonyl (C=O) groups is 1. The standard InChI is InChI=1S/C17H26N2O/c1-12-7-3-4-8-14(12)11-13(2)19-17(20)15-9-5-6-10-16(15)18/h3-4,7-8,13,15-16H,5-6,9-11,18H2,1-2H3,(H,19,20). The molecule has 1 aliphatic carbocycles. The molecule has 3 atom stereocenters. The van der Waals surface area contributed by atoms with Gasteiger partial charge in [0.1, 0.15) is 0 Å². The number of rotatable bonds is 4. The molecule has 0 saturated heterocycles. The van der Waals surface area contributed by atoms with E-state index >= 15 is 0 Å². The zero-order chi connectivity index (χ0) is 14.5. The summed E-state index contributed by atoms with van der Waals surface area (Å²) in [5.41, 5.74) is 8.65. The summed E-state index contributed by atoms with van der Waals surface area (Å²) in [6.45, 7) is 4.18. The Morgan fingerprint density at radius 3 is 2.75 bits per heavy atom. The Bertz CT molecular complexity index is 458. The van der Waals surface area contributed by atoms with E-state index in [1.54, 1.807) is 0 Å². The minimum atomic E-state index is 0.00284. The Labute approximate surface area is 121 Å². The minimum absolute atomic E-state index is 0.00284. The van der Waals surface area contributed by atoms with Crippen LogP contribution < -0.4 is 11.1 Å². The summed E-state index contributed by atoms with van der Waals surface area (Å²) < 4.78 is 0. The van der Waals surface area contributed by atoms with E-state index in [0.717, 1.165) is 32.1 Å². The molecule has 1 aliphatic rings. The Kier molecular flexibility index (Phi) is 5.18. The van der Waals surface area contributed by atoms with Crippen LogP contribution in [0.4, 0.5) is 0 Å². The molecule has 1 amide bonds. The molecular formula is C17H26N2O. The van der Waals surface area contributed by atoms with Gasteiger partial charge >= 0.3 is 0 Å². The van der Waals surface area contributed by atoms with E-state index in [1.807, 2.05) is 12.1 Å². The third-order valence-electron chi connectivity index (χ3n) is 4.33. The predicted molar refractivity (Wildman–Crippen MR) is 82.4 cm³/mol. The van der Waals surface area contributed by atoms with Crippen LogP contribution in [0.15, 0.2) is 24.3 Å². The van der Waals surface area contributed by atoms with Crippen LogP contribution in [0.25, 0.3) is 0 Å². The molecule has 1 fully saturated rings. The SMILES string of the molecule is Cc1ccccc1CC(C)NC(=O)C1CCCCC1N. The number of aryl methyl sites for hydroxylation is 1. The second-order valence-corrected chi connectivity index (χ2v) is 6.10. The summed E-state index contributed by atoms with van der Waals surface area (Å²) in [6.07, 6.45) is 5.07. The van der Waals surface area contributed by atoms with E-state index in [9.17, 15) is 4.79 Å². The fourth-order valence-corrected chi connectivity index (χ4v) is 3.05. The average Bonchev–Trinajstić information content (AvgIpc) is 2.41. The maximum atomic E-state index is 12.3. The van der Waals surface area contributed by atoms with Crippen molar-refractivity contribution >= 4 is 5.91 Å². The first-order chi connectivity index (χ1) is 9.58. The van der Waals surface area contributed by atoms with Gasteiger partial charge in [0.25, 0.3) is 0 Å². The largest absolute Gasteiger partial charge is 0.353 e. The predicted octanol–water partition coefficient (Wildman–Crippen LogP) is 2.56. The van der Waals surface area contributed by atoms with Crippen molar-refractivity contribution in [1.29, 1.82) is 0 Å². The summed E-state index contributed by atoms with van der Waals surface area (Å²) in [7, 11) is 0. The molecule has 1 saturated carbocycles. The lowest BCUT2D eigenvalue weighted by molar-refractivity contribution is -0.127.